The Labute approximate surface area is 184 Å². The molecule has 1 fully saturated rings. The van der Waals surface area contributed by atoms with Crippen molar-refractivity contribution in [2.45, 2.75) is 63.8 Å². The van der Waals surface area contributed by atoms with Gasteiger partial charge in [-0.3, -0.25) is 0 Å². The molecule has 2 aromatic carbocycles. The van der Waals surface area contributed by atoms with Crippen LogP contribution in [0.1, 0.15) is 60.8 Å². The second-order valence-electron chi connectivity index (χ2n) is 8.29. The molecular weight excluding hydrogens is 430 g/mol. The van der Waals surface area contributed by atoms with Crippen molar-refractivity contribution in [1.29, 1.82) is 0 Å². The van der Waals surface area contributed by atoms with Crippen molar-refractivity contribution < 1.29 is 31.1 Å². The molecule has 0 aromatic heterocycles. The average molecular weight is 456 g/mol. The average Bonchev–Trinajstić information content (AvgIpc) is 2.72. The summed E-state index contributed by atoms with van der Waals surface area (Å²) in [5, 5.41) is 0. The van der Waals surface area contributed by atoms with Crippen molar-refractivity contribution in [2.24, 2.45) is 5.92 Å². The van der Waals surface area contributed by atoms with E-state index in [0.29, 0.717) is 29.5 Å². The Hall–Kier alpha value is -2.28. The molecule has 0 radical (unpaired) electrons. The largest absolute Gasteiger partial charge is 0.419 e. The molecule has 7 heteroatoms. The van der Waals surface area contributed by atoms with Gasteiger partial charge < -0.3 is 4.74 Å². The molecule has 0 heterocycles. The minimum Gasteiger partial charge on any atom is -0.315 e. The van der Waals surface area contributed by atoms with E-state index in [1.54, 1.807) is 12.1 Å². The Morgan fingerprint density at radius 3 is 2.09 bits per heavy atom. The second kappa shape index (κ2) is 10.1. The van der Waals surface area contributed by atoms with Gasteiger partial charge in [-0.2, -0.15) is 22.0 Å². The van der Waals surface area contributed by atoms with Crippen LogP contribution in [-0.2, 0) is 23.9 Å². The van der Waals surface area contributed by atoms with Crippen LogP contribution in [0.2, 0.25) is 0 Å². The molecule has 32 heavy (non-hydrogen) atoms. The van der Waals surface area contributed by atoms with Crippen molar-refractivity contribution in [3.63, 3.8) is 0 Å². The molecule has 1 saturated carbocycles. The lowest BCUT2D eigenvalue weighted by Crippen LogP contribution is -2.24. The van der Waals surface area contributed by atoms with Crippen LogP contribution in [0.25, 0.3) is 0 Å². The summed E-state index contributed by atoms with van der Waals surface area (Å²) in [6.07, 6.45) is -0.753. The van der Waals surface area contributed by atoms with Gasteiger partial charge in [0.15, 0.2) is 0 Å². The zero-order valence-corrected chi connectivity index (χ0v) is 17.8. The van der Waals surface area contributed by atoms with Crippen molar-refractivity contribution in [1.82, 2.24) is 0 Å². The highest BCUT2D eigenvalue weighted by Gasteiger charge is 2.35. The first-order valence-corrected chi connectivity index (χ1v) is 10.7. The highest BCUT2D eigenvalue weighted by molar-refractivity contribution is 5.27. The monoisotopic (exact) mass is 456 g/mol. The number of halogens is 6. The molecule has 0 amide bonds. The summed E-state index contributed by atoms with van der Waals surface area (Å²) < 4.78 is 84.4. The predicted octanol–water partition coefficient (Wildman–Crippen LogP) is 8.05. The smallest absolute Gasteiger partial charge is 0.315 e. The predicted molar refractivity (Wildman–Crippen MR) is 111 cm³/mol. The van der Waals surface area contributed by atoms with Gasteiger partial charge in [-0.15, -0.1) is 0 Å². The molecule has 3 rings (SSSR count). The van der Waals surface area contributed by atoms with E-state index in [1.165, 1.54) is 5.56 Å². The Balaban J connectivity index is 1.54. The molecule has 0 unspecified atom stereocenters. The van der Waals surface area contributed by atoms with Crippen LogP contribution >= 0.6 is 0 Å². The molecule has 0 spiro atoms. The molecule has 1 nitrogen and oxygen atoms in total. The van der Waals surface area contributed by atoms with Gasteiger partial charge in [-0.25, -0.2) is 4.39 Å². The molecule has 0 bridgehead atoms. The number of ether oxygens (including phenoxy) is 1. The Morgan fingerprint density at radius 1 is 0.906 bits per heavy atom. The highest BCUT2D eigenvalue weighted by Crippen LogP contribution is 2.36. The maximum Gasteiger partial charge on any atom is 0.419 e. The zero-order chi connectivity index (χ0) is 23.4. The van der Waals surface area contributed by atoms with E-state index in [2.05, 4.69) is 12.2 Å². The third kappa shape index (κ3) is 6.61. The lowest BCUT2D eigenvalue weighted by atomic mass is 9.78. The van der Waals surface area contributed by atoms with Crippen LogP contribution in [0.5, 0.6) is 0 Å². The molecule has 174 valence electrons. The summed E-state index contributed by atoms with van der Waals surface area (Å²) in [6.45, 7) is 1.67. The summed E-state index contributed by atoms with van der Waals surface area (Å²) in [6, 6.07) is 9.14. The number of benzene rings is 2. The molecule has 0 N–H and O–H groups in total. The summed E-state index contributed by atoms with van der Waals surface area (Å²) >= 11 is 0. The van der Waals surface area contributed by atoms with E-state index in [0.717, 1.165) is 31.7 Å². The van der Waals surface area contributed by atoms with Gasteiger partial charge >= 0.3 is 12.3 Å². The fourth-order valence-electron chi connectivity index (χ4n) is 4.18. The SMILES string of the molecule is C/C=C/C1CCC(c2ccc(COC(F)(F)Cc3ccc(C(F)(F)F)c(F)c3)cc2)CC1. The van der Waals surface area contributed by atoms with Crippen molar-refractivity contribution in [3.05, 3.63) is 82.7 Å². The first kappa shape index (κ1) is 24.4. The Bertz CT molecular complexity index is 909. The van der Waals surface area contributed by atoms with E-state index in [1.807, 2.05) is 19.1 Å². The molecule has 0 atom stereocenters. The summed E-state index contributed by atoms with van der Waals surface area (Å²) in [7, 11) is 0. The fraction of sp³-hybridized carbons (Fsp3) is 0.440. The van der Waals surface area contributed by atoms with Crippen LogP contribution in [0, 0.1) is 11.7 Å². The van der Waals surface area contributed by atoms with Gasteiger partial charge in [0, 0.05) is 0 Å². The van der Waals surface area contributed by atoms with Crippen molar-refractivity contribution >= 4 is 0 Å². The van der Waals surface area contributed by atoms with Gasteiger partial charge in [0.2, 0.25) is 0 Å². The van der Waals surface area contributed by atoms with Crippen LogP contribution in [0.15, 0.2) is 54.6 Å². The van der Waals surface area contributed by atoms with Crippen molar-refractivity contribution in [3.8, 4) is 0 Å². The van der Waals surface area contributed by atoms with E-state index < -0.39 is 30.1 Å². The van der Waals surface area contributed by atoms with E-state index in [4.69, 9.17) is 4.74 Å². The zero-order valence-electron chi connectivity index (χ0n) is 17.8. The van der Waals surface area contributed by atoms with Crippen LogP contribution in [-0.4, -0.2) is 6.11 Å². The number of hydrogen-bond acceptors (Lipinski definition) is 1. The summed E-state index contributed by atoms with van der Waals surface area (Å²) in [5.41, 5.74) is -0.0143. The molecular formula is C25H26F6O. The van der Waals surface area contributed by atoms with E-state index in [9.17, 15) is 26.3 Å². The first-order valence-electron chi connectivity index (χ1n) is 10.7. The van der Waals surface area contributed by atoms with Crippen LogP contribution in [0.3, 0.4) is 0 Å². The normalized spacial score (nSPS) is 20.1. The maximum atomic E-state index is 14.2. The van der Waals surface area contributed by atoms with Gasteiger partial charge in [0.05, 0.1) is 18.6 Å². The number of hydrogen-bond donors (Lipinski definition) is 0. The number of rotatable bonds is 7. The summed E-state index contributed by atoms with van der Waals surface area (Å²) in [4.78, 5) is 0. The molecule has 0 saturated heterocycles. The fourth-order valence-corrected chi connectivity index (χ4v) is 4.18. The number of alkyl halides is 5. The maximum absolute atomic E-state index is 14.2. The second-order valence-corrected chi connectivity index (χ2v) is 8.29. The lowest BCUT2D eigenvalue weighted by Gasteiger charge is -2.27. The van der Waals surface area contributed by atoms with E-state index in [-0.39, 0.29) is 12.2 Å². The lowest BCUT2D eigenvalue weighted by molar-refractivity contribution is -0.244. The first-order chi connectivity index (χ1) is 15.1. The minimum absolute atomic E-state index is 0.274. The quantitative estimate of drug-likeness (QED) is 0.303. The summed E-state index contributed by atoms with van der Waals surface area (Å²) in [5.74, 6) is -0.493. The third-order valence-corrected chi connectivity index (χ3v) is 5.89. The molecule has 2 aromatic rings. The molecule has 1 aliphatic rings. The van der Waals surface area contributed by atoms with E-state index >= 15 is 0 Å². The van der Waals surface area contributed by atoms with Gasteiger partial charge in [-0.05, 0) is 73.3 Å². The Morgan fingerprint density at radius 2 is 1.53 bits per heavy atom. The molecule has 1 aliphatic carbocycles. The molecule has 0 aliphatic heterocycles. The van der Waals surface area contributed by atoms with Gasteiger partial charge in [0.25, 0.3) is 0 Å². The van der Waals surface area contributed by atoms with Crippen LogP contribution in [0.4, 0.5) is 26.3 Å². The van der Waals surface area contributed by atoms with Crippen LogP contribution < -0.4 is 0 Å². The van der Waals surface area contributed by atoms with Gasteiger partial charge in [0.1, 0.15) is 5.82 Å². The highest BCUT2D eigenvalue weighted by atomic mass is 19.4. The third-order valence-electron chi connectivity index (χ3n) is 5.89. The Kier molecular flexibility index (Phi) is 7.70. The topological polar surface area (TPSA) is 9.23 Å². The minimum atomic E-state index is -4.88. The van der Waals surface area contributed by atoms with Gasteiger partial charge in [-0.1, -0.05) is 42.5 Å². The number of allylic oxidation sites excluding steroid dienone is 2. The van der Waals surface area contributed by atoms with Crippen molar-refractivity contribution in [2.75, 3.05) is 0 Å². The standard InChI is InChI=1S/C25H26F6O/c1-2-3-17-4-9-20(10-5-17)21-11-6-18(7-12-21)16-32-24(27,28)15-19-8-13-22(23(26)14-19)25(29,30)31/h2-3,6-8,11-14,17,20H,4-5,9-10,15-16H2,1H3/b3-2+.